The molecule has 0 radical (unpaired) electrons. The molecule has 1 aromatic carbocycles. The molecule has 0 spiro atoms. The number of aliphatic hydroxyl groups excluding tert-OH is 1. The zero-order valence-corrected chi connectivity index (χ0v) is 11.0. The summed E-state index contributed by atoms with van der Waals surface area (Å²) in [4.78, 5) is 12.3. The van der Waals surface area contributed by atoms with Crippen molar-refractivity contribution in [2.24, 2.45) is 5.92 Å². The predicted molar refractivity (Wildman–Crippen MR) is 73.9 cm³/mol. The molecule has 1 unspecified atom stereocenters. The van der Waals surface area contributed by atoms with Gasteiger partial charge in [0.25, 0.3) is 0 Å². The average Bonchev–Trinajstić information content (AvgIpc) is 2.42. The van der Waals surface area contributed by atoms with Crippen LogP contribution in [0, 0.1) is 5.92 Å². The Labute approximate surface area is 113 Å². The SMILES string of the molecule is O=C(NC1(CO)CCC1)C1CNc2ccccc2C1. The molecular weight excluding hydrogens is 240 g/mol. The summed E-state index contributed by atoms with van der Waals surface area (Å²) in [5, 5.41) is 15.8. The molecule has 19 heavy (non-hydrogen) atoms. The first kappa shape index (κ1) is 12.5. The first-order valence-electron chi connectivity index (χ1n) is 6.97. The van der Waals surface area contributed by atoms with E-state index in [4.69, 9.17) is 0 Å². The van der Waals surface area contributed by atoms with Gasteiger partial charge in [0.1, 0.15) is 0 Å². The second-order valence-electron chi connectivity index (χ2n) is 5.72. The summed E-state index contributed by atoms with van der Waals surface area (Å²) in [7, 11) is 0. The number of hydrogen-bond acceptors (Lipinski definition) is 3. The topological polar surface area (TPSA) is 61.4 Å². The third-order valence-corrected chi connectivity index (χ3v) is 4.40. The van der Waals surface area contributed by atoms with Gasteiger partial charge < -0.3 is 15.7 Å². The molecule has 3 rings (SSSR count). The van der Waals surface area contributed by atoms with Gasteiger partial charge in [0.2, 0.25) is 5.91 Å². The van der Waals surface area contributed by atoms with E-state index in [-0.39, 0.29) is 24.0 Å². The van der Waals surface area contributed by atoms with Gasteiger partial charge in [-0.1, -0.05) is 18.2 Å². The molecule has 1 fully saturated rings. The van der Waals surface area contributed by atoms with Crippen LogP contribution in [0.3, 0.4) is 0 Å². The van der Waals surface area contributed by atoms with Gasteiger partial charge in [-0.15, -0.1) is 0 Å². The Morgan fingerprint density at radius 1 is 1.42 bits per heavy atom. The number of anilines is 1. The molecule has 1 saturated carbocycles. The highest BCUT2D eigenvalue weighted by Gasteiger charge is 2.39. The Balaban J connectivity index is 1.66. The van der Waals surface area contributed by atoms with Gasteiger partial charge in [0.15, 0.2) is 0 Å². The van der Waals surface area contributed by atoms with Crippen LogP contribution in [0.15, 0.2) is 24.3 Å². The smallest absolute Gasteiger partial charge is 0.225 e. The van der Waals surface area contributed by atoms with E-state index < -0.39 is 0 Å². The normalized spacial score (nSPS) is 23.7. The van der Waals surface area contributed by atoms with Crippen molar-refractivity contribution in [3.63, 3.8) is 0 Å². The summed E-state index contributed by atoms with van der Waals surface area (Å²) in [6.07, 6.45) is 3.65. The summed E-state index contributed by atoms with van der Waals surface area (Å²) in [6, 6.07) is 8.11. The van der Waals surface area contributed by atoms with Crippen LogP contribution in [-0.2, 0) is 11.2 Å². The maximum absolute atomic E-state index is 12.3. The Kier molecular flexibility index (Phi) is 3.19. The molecule has 1 aliphatic heterocycles. The van der Waals surface area contributed by atoms with Crippen LogP contribution in [0.2, 0.25) is 0 Å². The fourth-order valence-electron chi connectivity index (χ4n) is 2.92. The fraction of sp³-hybridized carbons (Fsp3) is 0.533. The summed E-state index contributed by atoms with van der Waals surface area (Å²) in [5.41, 5.74) is 1.99. The zero-order valence-electron chi connectivity index (χ0n) is 11.0. The number of para-hydroxylation sites is 1. The third-order valence-electron chi connectivity index (χ3n) is 4.40. The molecule has 3 N–H and O–H groups in total. The van der Waals surface area contributed by atoms with Crippen LogP contribution >= 0.6 is 0 Å². The minimum Gasteiger partial charge on any atom is -0.394 e. The molecule has 1 atom stereocenters. The van der Waals surface area contributed by atoms with Crippen molar-refractivity contribution >= 4 is 11.6 Å². The van der Waals surface area contributed by atoms with E-state index in [1.165, 1.54) is 5.56 Å². The largest absolute Gasteiger partial charge is 0.394 e. The molecule has 4 heteroatoms. The molecule has 1 aliphatic carbocycles. The molecule has 1 heterocycles. The maximum atomic E-state index is 12.3. The molecule has 0 aromatic heterocycles. The van der Waals surface area contributed by atoms with Crippen LogP contribution in [0.1, 0.15) is 24.8 Å². The van der Waals surface area contributed by atoms with Crippen molar-refractivity contribution in [1.82, 2.24) is 5.32 Å². The highest BCUT2D eigenvalue weighted by molar-refractivity contribution is 5.81. The number of rotatable bonds is 3. The van der Waals surface area contributed by atoms with Gasteiger partial charge in [0, 0.05) is 12.2 Å². The lowest BCUT2D eigenvalue weighted by Gasteiger charge is -2.42. The number of fused-ring (bicyclic) bond motifs is 1. The molecule has 1 aromatic rings. The first-order chi connectivity index (χ1) is 9.22. The van der Waals surface area contributed by atoms with Crippen LogP contribution in [-0.4, -0.2) is 29.7 Å². The fourth-order valence-corrected chi connectivity index (χ4v) is 2.92. The van der Waals surface area contributed by atoms with Crippen LogP contribution in [0.5, 0.6) is 0 Å². The molecular formula is C15H20N2O2. The number of amides is 1. The van der Waals surface area contributed by atoms with E-state index in [0.717, 1.165) is 31.4 Å². The Morgan fingerprint density at radius 3 is 2.89 bits per heavy atom. The number of nitrogens with one attached hydrogen (secondary N) is 2. The van der Waals surface area contributed by atoms with Crippen molar-refractivity contribution in [3.05, 3.63) is 29.8 Å². The number of hydrogen-bond donors (Lipinski definition) is 3. The lowest BCUT2D eigenvalue weighted by atomic mass is 9.77. The van der Waals surface area contributed by atoms with E-state index in [2.05, 4.69) is 16.7 Å². The van der Waals surface area contributed by atoms with Gasteiger partial charge in [-0.05, 0) is 37.3 Å². The van der Waals surface area contributed by atoms with E-state index in [0.29, 0.717) is 6.54 Å². The number of benzene rings is 1. The highest BCUT2D eigenvalue weighted by Crippen LogP contribution is 2.32. The van der Waals surface area contributed by atoms with Crippen molar-refractivity contribution in [3.8, 4) is 0 Å². The van der Waals surface area contributed by atoms with E-state index >= 15 is 0 Å². The van der Waals surface area contributed by atoms with Crippen molar-refractivity contribution in [1.29, 1.82) is 0 Å². The number of aliphatic hydroxyl groups is 1. The Hall–Kier alpha value is -1.55. The molecule has 102 valence electrons. The standard InChI is InChI=1S/C15H20N2O2/c18-10-15(6-3-7-15)17-14(19)12-8-11-4-1-2-5-13(11)16-9-12/h1-2,4-5,12,16,18H,3,6-10H2,(H,17,19). The summed E-state index contributed by atoms with van der Waals surface area (Å²) in [6.45, 7) is 0.722. The molecule has 0 saturated heterocycles. The second-order valence-corrected chi connectivity index (χ2v) is 5.72. The van der Waals surface area contributed by atoms with E-state index in [1.807, 2.05) is 18.2 Å². The quantitative estimate of drug-likeness (QED) is 0.767. The maximum Gasteiger partial charge on any atom is 0.225 e. The second kappa shape index (κ2) is 4.85. The monoisotopic (exact) mass is 260 g/mol. The highest BCUT2D eigenvalue weighted by atomic mass is 16.3. The predicted octanol–water partition coefficient (Wildman–Crippen LogP) is 1.30. The molecule has 4 nitrogen and oxygen atoms in total. The lowest BCUT2D eigenvalue weighted by Crippen LogP contribution is -2.58. The van der Waals surface area contributed by atoms with Crippen molar-refractivity contribution < 1.29 is 9.90 Å². The van der Waals surface area contributed by atoms with Gasteiger partial charge in [-0.2, -0.15) is 0 Å². The van der Waals surface area contributed by atoms with Gasteiger partial charge in [-0.25, -0.2) is 0 Å². The van der Waals surface area contributed by atoms with E-state index in [1.54, 1.807) is 0 Å². The lowest BCUT2D eigenvalue weighted by molar-refractivity contribution is -0.128. The van der Waals surface area contributed by atoms with E-state index in [9.17, 15) is 9.90 Å². The van der Waals surface area contributed by atoms with Gasteiger partial charge >= 0.3 is 0 Å². The van der Waals surface area contributed by atoms with Crippen molar-refractivity contribution in [2.75, 3.05) is 18.5 Å². The Bertz CT molecular complexity index is 477. The van der Waals surface area contributed by atoms with Crippen LogP contribution < -0.4 is 10.6 Å². The Morgan fingerprint density at radius 2 is 2.21 bits per heavy atom. The van der Waals surface area contributed by atoms with Crippen LogP contribution in [0.25, 0.3) is 0 Å². The number of carbonyl (C=O) groups excluding carboxylic acids is 1. The number of carbonyl (C=O) groups is 1. The zero-order chi connectivity index (χ0) is 13.3. The molecule has 1 amide bonds. The van der Waals surface area contributed by atoms with Gasteiger partial charge in [-0.3, -0.25) is 4.79 Å². The van der Waals surface area contributed by atoms with Crippen molar-refractivity contribution in [2.45, 2.75) is 31.2 Å². The summed E-state index contributed by atoms with van der Waals surface area (Å²) in [5.74, 6) is 0.0229. The van der Waals surface area contributed by atoms with Gasteiger partial charge in [0.05, 0.1) is 18.1 Å². The minimum atomic E-state index is -0.339. The minimum absolute atomic E-state index is 0.0427. The summed E-state index contributed by atoms with van der Waals surface area (Å²) >= 11 is 0. The summed E-state index contributed by atoms with van der Waals surface area (Å²) < 4.78 is 0. The third kappa shape index (κ3) is 2.32. The first-order valence-corrected chi connectivity index (χ1v) is 6.97. The van der Waals surface area contributed by atoms with Crippen LogP contribution in [0.4, 0.5) is 5.69 Å². The average molecular weight is 260 g/mol. The molecule has 2 aliphatic rings. The molecule has 0 bridgehead atoms.